The largest absolute Gasteiger partial charge is 0.481 e. The minimum Gasteiger partial charge on any atom is -0.481 e. The van der Waals surface area contributed by atoms with Crippen LogP contribution in [0.1, 0.15) is 51.4 Å². The highest BCUT2D eigenvalue weighted by atomic mass is 16.4. The molecule has 158 valence electrons. The zero-order valence-electron chi connectivity index (χ0n) is 17.7. The first-order valence-corrected chi connectivity index (χ1v) is 10.3. The number of unbranched alkanes of at least 4 members (excludes halogenated alkanes) is 5. The molecule has 1 rings (SSSR count). The van der Waals surface area contributed by atoms with Crippen LogP contribution in [0.15, 0.2) is 30.3 Å². The summed E-state index contributed by atoms with van der Waals surface area (Å²) in [7, 11) is 5.87. The molecule has 1 atom stereocenters. The number of anilines is 1. The Bertz CT molecular complexity index is 563. The minimum atomic E-state index is -0.884. The van der Waals surface area contributed by atoms with Gasteiger partial charge in [0, 0.05) is 32.2 Å². The summed E-state index contributed by atoms with van der Waals surface area (Å²) in [6.07, 6.45) is 7.03. The molecule has 0 spiro atoms. The van der Waals surface area contributed by atoms with E-state index in [4.69, 9.17) is 5.11 Å². The van der Waals surface area contributed by atoms with Crippen molar-refractivity contribution in [3.8, 4) is 0 Å². The van der Waals surface area contributed by atoms with Crippen molar-refractivity contribution in [2.75, 3.05) is 39.1 Å². The average molecular weight is 392 g/mol. The summed E-state index contributed by atoms with van der Waals surface area (Å²) in [4.78, 5) is 27.1. The lowest BCUT2D eigenvalue weighted by Gasteiger charge is -2.20. The van der Waals surface area contributed by atoms with Crippen molar-refractivity contribution in [1.29, 1.82) is 0 Å². The number of likely N-dealkylation sites (N-methyl/N-ethyl adjacent to an activating group) is 1. The summed E-state index contributed by atoms with van der Waals surface area (Å²) in [6, 6.07) is 10.1. The number of nitrogens with zero attached hydrogens (tertiary/aromatic N) is 2. The number of carbonyl (C=O) groups is 2. The highest BCUT2D eigenvalue weighted by Crippen LogP contribution is 2.13. The first-order valence-electron chi connectivity index (χ1n) is 10.3. The maximum Gasteiger partial charge on any atom is 0.305 e. The van der Waals surface area contributed by atoms with Gasteiger partial charge in [0.1, 0.15) is 0 Å². The third kappa shape index (κ3) is 11.6. The number of carboxylic acid groups (broad SMARTS) is 1. The first kappa shape index (κ1) is 24.0. The molecule has 1 aromatic rings. The van der Waals surface area contributed by atoms with E-state index in [1.54, 1.807) is 0 Å². The number of benzene rings is 1. The Hall–Kier alpha value is -2.08. The lowest BCUT2D eigenvalue weighted by atomic mass is 10.1. The van der Waals surface area contributed by atoms with E-state index in [9.17, 15) is 9.59 Å². The van der Waals surface area contributed by atoms with Crippen LogP contribution >= 0.6 is 0 Å². The molecule has 1 amide bonds. The fraction of sp³-hybridized carbons (Fsp3) is 0.636. The molecule has 1 aromatic carbocycles. The van der Waals surface area contributed by atoms with E-state index in [1.807, 2.05) is 25.1 Å². The first-order chi connectivity index (χ1) is 13.4. The Balaban J connectivity index is 2.06. The van der Waals surface area contributed by atoms with Crippen LogP contribution in [0.5, 0.6) is 0 Å². The Morgan fingerprint density at radius 1 is 0.964 bits per heavy atom. The number of amides is 1. The Labute approximate surface area is 169 Å². The Morgan fingerprint density at radius 2 is 1.57 bits per heavy atom. The second-order valence-electron chi connectivity index (χ2n) is 7.75. The summed E-state index contributed by atoms with van der Waals surface area (Å²) in [5.41, 5.74) is 1.25. The SMILES string of the molecule is CN(C)CC(CC(=O)O)NC(=O)CCCCCCCCN(C)c1ccccc1. The molecule has 6 nitrogen and oxygen atoms in total. The third-order valence-corrected chi connectivity index (χ3v) is 4.72. The number of carbonyl (C=O) groups excluding carboxylic acids is 1. The monoisotopic (exact) mass is 391 g/mol. The van der Waals surface area contributed by atoms with Crippen molar-refractivity contribution in [3.05, 3.63) is 30.3 Å². The summed E-state index contributed by atoms with van der Waals surface area (Å²) in [5.74, 6) is -0.928. The van der Waals surface area contributed by atoms with Gasteiger partial charge in [0.25, 0.3) is 0 Å². The van der Waals surface area contributed by atoms with Gasteiger partial charge in [-0.15, -0.1) is 0 Å². The van der Waals surface area contributed by atoms with Crippen molar-refractivity contribution in [1.82, 2.24) is 10.2 Å². The maximum atomic E-state index is 12.0. The van der Waals surface area contributed by atoms with Gasteiger partial charge in [0.05, 0.1) is 12.5 Å². The number of carboxylic acids is 1. The topological polar surface area (TPSA) is 72.9 Å². The number of hydrogen-bond donors (Lipinski definition) is 2. The number of para-hydroxylation sites is 1. The molecule has 0 radical (unpaired) electrons. The van der Waals surface area contributed by atoms with Gasteiger partial charge in [-0.25, -0.2) is 0 Å². The second kappa shape index (κ2) is 14.0. The Morgan fingerprint density at radius 3 is 2.18 bits per heavy atom. The molecule has 28 heavy (non-hydrogen) atoms. The second-order valence-corrected chi connectivity index (χ2v) is 7.75. The highest BCUT2D eigenvalue weighted by molar-refractivity contribution is 5.77. The van der Waals surface area contributed by atoms with Gasteiger partial charge in [-0.1, -0.05) is 43.9 Å². The molecule has 6 heteroatoms. The van der Waals surface area contributed by atoms with E-state index >= 15 is 0 Å². The van der Waals surface area contributed by atoms with Crippen LogP contribution in [0.2, 0.25) is 0 Å². The number of hydrogen-bond acceptors (Lipinski definition) is 4. The van der Waals surface area contributed by atoms with Crippen LogP contribution in [0.4, 0.5) is 5.69 Å². The number of aliphatic carboxylic acids is 1. The number of rotatable bonds is 15. The van der Waals surface area contributed by atoms with Gasteiger partial charge in [0.15, 0.2) is 0 Å². The molecule has 2 N–H and O–H groups in total. The van der Waals surface area contributed by atoms with Crippen LogP contribution < -0.4 is 10.2 Å². The average Bonchev–Trinajstić information content (AvgIpc) is 2.63. The zero-order valence-corrected chi connectivity index (χ0v) is 17.7. The molecule has 0 aliphatic rings. The molecular weight excluding hydrogens is 354 g/mol. The van der Waals surface area contributed by atoms with Gasteiger partial charge in [-0.2, -0.15) is 0 Å². The predicted octanol–water partition coefficient (Wildman–Crippen LogP) is 3.37. The molecule has 0 aliphatic carbocycles. The predicted molar refractivity (Wildman–Crippen MR) is 115 cm³/mol. The lowest BCUT2D eigenvalue weighted by molar-refractivity contribution is -0.137. The van der Waals surface area contributed by atoms with Gasteiger partial charge < -0.3 is 20.2 Å². The standard InChI is InChI=1S/C22H37N3O3/c1-24(2)18-19(17-22(27)28)23-21(26)15-11-6-4-5-7-12-16-25(3)20-13-9-8-10-14-20/h8-10,13-14,19H,4-7,11-12,15-18H2,1-3H3,(H,23,26)(H,27,28). The van der Waals surface area contributed by atoms with Gasteiger partial charge in [0.2, 0.25) is 5.91 Å². The summed E-state index contributed by atoms with van der Waals surface area (Å²) in [5, 5.41) is 11.8. The Kier molecular flexibility index (Phi) is 12.0. The third-order valence-electron chi connectivity index (χ3n) is 4.72. The van der Waals surface area contributed by atoms with Crippen molar-refractivity contribution >= 4 is 17.6 Å². The zero-order chi connectivity index (χ0) is 20.8. The van der Waals surface area contributed by atoms with Crippen LogP contribution in [-0.2, 0) is 9.59 Å². The smallest absolute Gasteiger partial charge is 0.305 e. The molecule has 1 unspecified atom stereocenters. The lowest BCUT2D eigenvalue weighted by Crippen LogP contribution is -2.42. The summed E-state index contributed by atoms with van der Waals surface area (Å²) >= 11 is 0. The molecule has 0 saturated heterocycles. The van der Waals surface area contributed by atoms with Gasteiger partial charge in [-0.3, -0.25) is 9.59 Å². The highest BCUT2D eigenvalue weighted by Gasteiger charge is 2.16. The molecule has 0 aliphatic heterocycles. The normalized spacial score (nSPS) is 12.0. The van der Waals surface area contributed by atoms with Crippen molar-refractivity contribution in [2.45, 2.75) is 57.4 Å². The maximum absolute atomic E-state index is 12.0. The van der Waals surface area contributed by atoms with Crippen LogP contribution in [-0.4, -0.2) is 62.2 Å². The molecule has 0 fully saturated rings. The van der Waals surface area contributed by atoms with Crippen LogP contribution in [0, 0.1) is 0 Å². The quantitative estimate of drug-likeness (QED) is 0.449. The molecule has 0 saturated carbocycles. The van der Waals surface area contributed by atoms with E-state index in [0.717, 1.165) is 25.8 Å². The number of nitrogens with one attached hydrogen (secondary N) is 1. The van der Waals surface area contributed by atoms with E-state index in [2.05, 4.69) is 41.5 Å². The van der Waals surface area contributed by atoms with Crippen molar-refractivity contribution in [3.63, 3.8) is 0 Å². The van der Waals surface area contributed by atoms with Crippen LogP contribution in [0.3, 0.4) is 0 Å². The van der Waals surface area contributed by atoms with E-state index in [-0.39, 0.29) is 18.4 Å². The van der Waals surface area contributed by atoms with Crippen LogP contribution in [0.25, 0.3) is 0 Å². The van der Waals surface area contributed by atoms with E-state index in [0.29, 0.717) is 13.0 Å². The van der Waals surface area contributed by atoms with E-state index < -0.39 is 5.97 Å². The fourth-order valence-corrected chi connectivity index (χ4v) is 3.27. The molecular formula is C22H37N3O3. The summed E-state index contributed by atoms with van der Waals surface area (Å²) < 4.78 is 0. The van der Waals surface area contributed by atoms with Gasteiger partial charge >= 0.3 is 5.97 Å². The fourth-order valence-electron chi connectivity index (χ4n) is 3.27. The summed E-state index contributed by atoms with van der Waals surface area (Å²) in [6.45, 7) is 1.60. The van der Waals surface area contributed by atoms with Gasteiger partial charge in [-0.05, 0) is 39.1 Å². The molecule has 0 heterocycles. The molecule has 0 aromatic heterocycles. The van der Waals surface area contributed by atoms with Crippen molar-refractivity contribution in [2.24, 2.45) is 0 Å². The van der Waals surface area contributed by atoms with E-state index in [1.165, 1.54) is 24.9 Å². The molecule has 0 bridgehead atoms. The minimum absolute atomic E-state index is 0.0403. The van der Waals surface area contributed by atoms with Crippen molar-refractivity contribution < 1.29 is 14.7 Å².